The summed E-state index contributed by atoms with van der Waals surface area (Å²) in [6.07, 6.45) is 3.44. The summed E-state index contributed by atoms with van der Waals surface area (Å²) in [5, 5.41) is 1.50. The van der Waals surface area contributed by atoms with E-state index in [1.807, 2.05) is 17.0 Å². The smallest absolute Gasteiger partial charge is 0.320 e. The standard InChI is InChI=1S/C23H27Cl3N4O4S/c1-35(32,33)30-9-7-28(8-10-30)23(31)29-14-17(6-11-34-22-5-3-18(24)13-27-22)19(15-29)16-2-4-20(25)21(26)12-16/h2-5,12-13,17,19H,6-11,14-15H2,1H3. The van der Waals surface area contributed by atoms with Gasteiger partial charge >= 0.3 is 6.03 Å². The van der Waals surface area contributed by atoms with Gasteiger partial charge in [-0.15, -0.1) is 0 Å². The highest BCUT2D eigenvalue weighted by Crippen LogP contribution is 2.37. The second-order valence-corrected chi connectivity index (χ2v) is 12.1. The highest BCUT2D eigenvalue weighted by atomic mass is 35.5. The maximum absolute atomic E-state index is 13.3. The van der Waals surface area contributed by atoms with Crippen LogP contribution in [-0.2, 0) is 10.0 Å². The van der Waals surface area contributed by atoms with Gasteiger partial charge in [-0.2, -0.15) is 4.31 Å². The number of nitrogens with zero attached hydrogens (tertiary/aromatic N) is 4. The van der Waals surface area contributed by atoms with E-state index in [2.05, 4.69) is 4.98 Å². The van der Waals surface area contributed by atoms with Crippen molar-refractivity contribution in [2.45, 2.75) is 12.3 Å². The molecule has 4 rings (SSSR count). The molecule has 12 heteroatoms. The third kappa shape index (κ3) is 6.51. The molecule has 0 spiro atoms. The number of rotatable bonds is 6. The molecule has 2 aromatic rings. The van der Waals surface area contributed by atoms with Crippen LogP contribution in [0.15, 0.2) is 36.5 Å². The zero-order chi connectivity index (χ0) is 25.2. The van der Waals surface area contributed by atoms with Crippen molar-refractivity contribution in [2.75, 3.05) is 52.1 Å². The fourth-order valence-electron chi connectivity index (χ4n) is 4.61. The molecule has 1 aromatic heterocycles. The van der Waals surface area contributed by atoms with Crippen molar-refractivity contribution in [3.05, 3.63) is 57.2 Å². The van der Waals surface area contributed by atoms with E-state index in [0.717, 1.165) is 5.56 Å². The molecule has 3 heterocycles. The van der Waals surface area contributed by atoms with Gasteiger partial charge < -0.3 is 14.5 Å². The Balaban J connectivity index is 1.44. The lowest BCUT2D eigenvalue weighted by molar-refractivity contribution is 0.140. The van der Waals surface area contributed by atoms with Gasteiger partial charge in [-0.3, -0.25) is 0 Å². The van der Waals surface area contributed by atoms with E-state index in [1.165, 1.54) is 16.8 Å². The predicted molar refractivity (Wildman–Crippen MR) is 137 cm³/mol. The van der Waals surface area contributed by atoms with Gasteiger partial charge in [-0.25, -0.2) is 18.2 Å². The SMILES string of the molecule is CS(=O)(=O)N1CCN(C(=O)N2CC(CCOc3ccc(Cl)cn3)C(c3ccc(Cl)c(Cl)c3)C2)CC1. The molecule has 190 valence electrons. The lowest BCUT2D eigenvalue weighted by Crippen LogP contribution is -2.53. The van der Waals surface area contributed by atoms with Gasteiger partial charge in [0.25, 0.3) is 0 Å². The molecule has 0 radical (unpaired) electrons. The zero-order valence-electron chi connectivity index (χ0n) is 19.2. The second kappa shape index (κ2) is 11.1. The Morgan fingerprint density at radius 3 is 2.40 bits per heavy atom. The quantitative estimate of drug-likeness (QED) is 0.527. The normalized spacial score (nSPS) is 21.4. The van der Waals surface area contributed by atoms with Crippen LogP contribution in [0.3, 0.4) is 0 Å². The molecule has 8 nitrogen and oxygen atoms in total. The van der Waals surface area contributed by atoms with E-state index < -0.39 is 10.0 Å². The molecule has 2 fully saturated rings. The van der Waals surface area contributed by atoms with E-state index in [1.54, 1.807) is 23.1 Å². The summed E-state index contributed by atoms with van der Waals surface area (Å²) >= 11 is 18.3. The van der Waals surface area contributed by atoms with Gasteiger partial charge in [0, 0.05) is 57.4 Å². The number of likely N-dealkylation sites (tertiary alicyclic amines) is 1. The number of carbonyl (C=O) groups is 1. The van der Waals surface area contributed by atoms with E-state index in [4.69, 9.17) is 39.5 Å². The summed E-state index contributed by atoms with van der Waals surface area (Å²) in [4.78, 5) is 21.0. The van der Waals surface area contributed by atoms with E-state index >= 15 is 0 Å². The topological polar surface area (TPSA) is 83.1 Å². The monoisotopic (exact) mass is 560 g/mol. The number of aromatic nitrogens is 1. The fraction of sp³-hybridized carbons (Fsp3) is 0.478. The Kier molecular flexibility index (Phi) is 8.33. The van der Waals surface area contributed by atoms with Crippen LogP contribution >= 0.6 is 34.8 Å². The molecule has 0 saturated carbocycles. The van der Waals surface area contributed by atoms with Crippen LogP contribution < -0.4 is 4.74 Å². The number of pyridine rings is 1. The number of benzene rings is 1. The molecule has 0 aliphatic carbocycles. The molecular formula is C23H27Cl3N4O4S. The highest BCUT2D eigenvalue weighted by Gasteiger charge is 2.38. The van der Waals surface area contributed by atoms with Crippen molar-refractivity contribution >= 4 is 50.9 Å². The van der Waals surface area contributed by atoms with Gasteiger partial charge in [-0.1, -0.05) is 40.9 Å². The number of carbonyl (C=O) groups excluding carboxylic acids is 1. The first-order valence-corrected chi connectivity index (χ1v) is 14.3. The van der Waals surface area contributed by atoms with Crippen molar-refractivity contribution in [3.63, 3.8) is 0 Å². The van der Waals surface area contributed by atoms with Crippen molar-refractivity contribution in [2.24, 2.45) is 5.92 Å². The first kappa shape index (κ1) is 26.3. The zero-order valence-corrected chi connectivity index (χ0v) is 22.3. The Morgan fingerprint density at radius 2 is 1.77 bits per heavy atom. The van der Waals surface area contributed by atoms with E-state index in [-0.39, 0.29) is 17.9 Å². The molecule has 2 unspecified atom stereocenters. The minimum Gasteiger partial charge on any atom is -0.478 e. The number of hydrogen-bond donors (Lipinski definition) is 0. The highest BCUT2D eigenvalue weighted by molar-refractivity contribution is 7.88. The number of urea groups is 1. The van der Waals surface area contributed by atoms with E-state index in [9.17, 15) is 13.2 Å². The van der Waals surface area contributed by atoms with E-state index in [0.29, 0.717) is 73.2 Å². The molecule has 2 amide bonds. The summed E-state index contributed by atoms with van der Waals surface area (Å²) < 4.78 is 30.8. The minimum absolute atomic E-state index is 0.0628. The van der Waals surface area contributed by atoms with Crippen LogP contribution in [0.4, 0.5) is 4.79 Å². The third-order valence-corrected chi connectivity index (χ3v) is 8.77. The van der Waals surface area contributed by atoms with Crippen molar-refractivity contribution in [1.82, 2.24) is 19.1 Å². The molecule has 2 aliphatic heterocycles. The van der Waals surface area contributed by atoms with Crippen LogP contribution in [0.5, 0.6) is 5.88 Å². The average molecular weight is 562 g/mol. The average Bonchev–Trinajstić information content (AvgIpc) is 3.25. The first-order valence-electron chi connectivity index (χ1n) is 11.3. The molecule has 0 bridgehead atoms. The van der Waals surface area contributed by atoms with Crippen LogP contribution in [0, 0.1) is 5.92 Å². The summed E-state index contributed by atoms with van der Waals surface area (Å²) in [7, 11) is -3.26. The van der Waals surface area contributed by atoms with Gasteiger partial charge in [0.15, 0.2) is 0 Å². The molecule has 0 N–H and O–H groups in total. The number of piperazine rings is 1. The number of ether oxygens (including phenoxy) is 1. The molecule has 35 heavy (non-hydrogen) atoms. The molecule has 2 atom stereocenters. The van der Waals surface area contributed by atoms with Gasteiger partial charge in [0.2, 0.25) is 15.9 Å². The Labute approximate surface area is 220 Å². The predicted octanol–water partition coefficient (Wildman–Crippen LogP) is 4.22. The maximum atomic E-state index is 13.3. The Morgan fingerprint density at radius 1 is 1.03 bits per heavy atom. The third-order valence-electron chi connectivity index (χ3n) is 6.50. The molecule has 2 saturated heterocycles. The molecular weight excluding hydrogens is 535 g/mol. The summed E-state index contributed by atoms with van der Waals surface area (Å²) in [5.74, 6) is 0.698. The minimum atomic E-state index is -3.26. The van der Waals surface area contributed by atoms with Gasteiger partial charge in [0.05, 0.1) is 27.9 Å². The van der Waals surface area contributed by atoms with Crippen molar-refractivity contribution < 1.29 is 17.9 Å². The number of amides is 2. The van der Waals surface area contributed by atoms with Crippen molar-refractivity contribution in [3.8, 4) is 5.88 Å². The van der Waals surface area contributed by atoms with Crippen LogP contribution in [0.1, 0.15) is 17.9 Å². The number of hydrogen-bond acceptors (Lipinski definition) is 5. The summed E-state index contributed by atoms with van der Waals surface area (Å²) in [6.45, 7) is 2.89. The van der Waals surface area contributed by atoms with Gasteiger partial charge in [-0.05, 0) is 36.1 Å². The maximum Gasteiger partial charge on any atom is 0.320 e. The van der Waals surface area contributed by atoms with Crippen LogP contribution in [0.25, 0.3) is 0 Å². The Bertz CT molecular complexity index is 1160. The fourth-order valence-corrected chi connectivity index (χ4v) is 5.86. The molecule has 1 aromatic carbocycles. The van der Waals surface area contributed by atoms with Crippen LogP contribution in [0.2, 0.25) is 15.1 Å². The number of halogens is 3. The largest absolute Gasteiger partial charge is 0.478 e. The summed E-state index contributed by atoms with van der Waals surface area (Å²) in [5.41, 5.74) is 1.02. The number of sulfonamides is 1. The first-order chi connectivity index (χ1) is 16.6. The molecule has 2 aliphatic rings. The second-order valence-electron chi connectivity index (χ2n) is 8.83. The summed E-state index contributed by atoms with van der Waals surface area (Å²) in [6, 6.07) is 8.96. The lowest BCUT2D eigenvalue weighted by Gasteiger charge is -2.35. The van der Waals surface area contributed by atoms with Crippen molar-refractivity contribution in [1.29, 1.82) is 0 Å². The van der Waals surface area contributed by atoms with Gasteiger partial charge in [0.1, 0.15) is 0 Å². The van der Waals surface area contributed by atoms with Crippen LogP contribution in [-0.4, -0.2) is 85.7 Å². The lowest BCUT2D eigenvalue weighted by atomic mass is 9.87. The Hall–Kier alpha value is -1.78.